The maximum absolute atomic E-state index is 12.5. The van der Waals surface area contributed by atoms with Gasteiger partial charge >= 0.3 is 0 Å². The van der Waals surface area contributed by atoms with Crippen LogP contribution in [0.2, 0.25) is 0 Å². The molecule has 0 spiro atoms. The molecule has 1 aliphatic rings. The predicted octanol–water partition coefficient (Wildman–Crippen LogP) is 1.85. The maximum atomic E-state index is 12.5. The highest BCUT2D eigenvalue weighted by Gasteiger charge is 2.36. The molecule has 118 valence electrons. The van der Waals surface area contributed by atoms with Gasteiger partial charge in [-0.25, -0.2) is 12.7 Å². The van der Waals surface area contributed by atoms with Crippen LogP contribution in [0.25, 0.3) is 0 Å². The second kappa shape index (κ2) is 6.34. The van der Waals surface area contributed by atoms with Crippen LogP contribution in [0.15, 0.2) is 23.1 Å². The van der Waals surface area contributed by atoms with Gasteiger partial charge in [-0.2, -0.15) is 0 Å². The van der Waals surface area contributed by atoms with Gasteiger partial charge in [-0.1, -0.05) is 6.92 Å². The summed E-state index contributed by atoms with van der Waals surface area (Å²) in [5.74, 6) is 1.60. The van der Waals surface area contributed by atoms with Gasteiger partial charge in [0.2, 0.25) is 10.0 Å². The molecule has 2 unspecified atom stereocenters. The molecule has 0 bridgehead atoms. The summed E-state index contributed by atoms with van der Waals surface area (Å²) in [4.78, 5) is 0.200. The number of hydrogen-bond acceptors (Lipinski definition) is 4. The molecule has 1 fully saturated rings. The van der Waals surface area contributed by atoms with Crippen LogP contribution >= 0.6 is 0 Å². The lowest BCUT2D eigenvalue weighted by atomic mass is 10.2. The first-order valence-electron chi connectivity index (χ1n) is 7.23. The Morgan fingerprint density at radius 1 is 1.43 bits per heavy atom. The van der Waals surface area contributed by atoms with Gasteiger partial charge in [0.05, 0.1) is 18.1 Å². The first-order chi connectivity index (χ1) is 9.90. The number of hydrogen-bond donors (Lipinski definition) is 1. The van der Waals surface area contributed by atoms with E-state index in [-0.39, 0.29) is 11.5 Å². The summed E-state index contributed by atoms with van der Waals surface area (Å²) in [6.07, 6.45) is 1.09. The molecule has 0 amide bonds. The molecule has 1 saturated carbocycles. The molecular formula is C15H23NO4S. The third-order valence-electron chi connectivity index (χ3n) is 3.98. The van der Waals surface area contributed by atoms with Crippen LogP contribution in [0.5, 0.6) is 5.75 Å². The summed E-state index contributed by atoms with van der Waals surface area (Å²) in [5, 5.41) is 9.38. The van der Waals surface area contributed by atoms with Gasteiger partial charge in [0, 0.05) is 19.2 Å². The monoisotopic (exact) mass is 313 g/mol. The first-order valence-corrected chi connectivity index (χ1v) is 8.67. The molecule has 1 aromatic carbocycles. The van der Waals surface area contributed by atoms with Crippen LogP contribution in [0.1, 0.15) is 25.8 Å². The van der Waals surface area contributed by atoms with Gasteiger partial charge < -0.3 is 9.84 Å². The summed E-state index contributed by atoms with van der Waals surface area (Å²) in [6, 6.07) is 4.63. The summed E-state index contributed by atoms with van der Waals surface area (Å²) in [7, 11) is -1.91. The van der Waals surface area contributed by atoms with Crippen molar-refractivity contribution in [3.63, 3.8) is 0 Å². The molecule has 0 aromatic heterocycles. The molecule has 6 heteroatoms. The van der Waals surface area contributed by atoms with Crippen LogP contribution in [0, 0.1) is 11.8 Å². The highest BCUT2D eigenvalue weighted by Crippen LogP contribution is 2.38. The van der Waals surface area contributed by atoms with E-state index in [4.69, 9.17) is 4.74 Å². The Labute approximate surface area is 126 Å². The van der Waals surface area contributed by atoms with Crippen molar-refractivity contribution in [1.29, 1.82) is 0 Å². The average Bonchev–Trinajstić information content (AvgIpc) is 3.14. The van der Waals surface area contributed by atoms with Crippen LogP contribution in [0.4, 0.5) is 0 Å². The first kappa shape index (κ1) is 16.3. The number of sulfonamides is 1. The summed E-state index contributed by atoms with van der Waals surface area (Å²) >= 11 is 0. The van der Waals surface area contributed by atoms with Gasteiger partial charge in [-0.05, 0) is 43.4 Å². The molecule has 0 aliphatic heterocycles. The Kier molecular flexibility index (Phi) is 4.91. The molecule has 0 heterocycles. The lowest BCUT2D eigenvalue weighted by Crippen LogP contribution is -2.29. The number of aliphatic hydroxyl groups excluding tert-OH is 1. The summed E-state index contributed by atoms with van der Waals surface area (Å²) in [5.41, 5.74) is 0.492. The Bertz CT molecular complexity index is 600. The molecule has 1 aromatic rings. The van der Waals surface area contributed by atoms with Crippen molar-refractivity contribution in [2.45, 2.75) is 31.8 Å². The molecule has 5 nitrogen and oxygen atoms in total. The van der Waals surface area contributed by atoms with Crippen molar-refractivity contribution in [3.8, 4) is 5.75 Å². The smallest absolute Gasteiger partial charge is 0.242 e. The number of aliphatic hydroxyl groups is 1. The SMILES string of the molecule is CCOc1ccc(S(=O)(=O)N(C)CC2CC2C)cc1CO. The maximum Gasteiger partial charge on any atom is 0.242 e. The molecule has 1 N–H and O–H groups in total. The van der Waals surface area contributed by atoms with Crippen LogP contribution in [-0.4, -0.2) is 38.0 Å². The molecular weight excluding hydrogens is 290 g/mol. The fourth-order valence-electron chi connectivity index (χ4n) is 2.40. The minimum absolute atomic E-state index is 0.200. The van der Waals surface area contributed by atoms with Gasteiger partial charge in [0.1, 0.15) is 5.75 Å². The van der Waals surface area contributed by atoms with Gasteiger partial charge in [-0.15, -0.1) is 0 Å². The van der Waals surface area contributed by atoms with Crippen molar-refractivity contribution < 1.29 is 18.3 Å². The predicted molar refractivity (Wildman–Crippen MR) is 80.6 cm³/mol. The van der Waals surface area contributed by atoms with E-state index in [0.29, 0.717) is 36.3 Å². The lowest BCUT2D eigenvalue weighted by Gasteiger charge is -2.18. The zero-order valence-corrected chi connectivity index (χ0v) is 13.6. The van der Waals surface area contributed by atoms with Crippen LogP contribution < -0.4 is 4.74 Å². The topological polar surface area (TPSA) is 66.8 Å². The van der Waals surface area contributed by atoms with Crippen molar-refractivity contribution in [2.75, 3.05) is 20.2 Å². The minimum Gasteiger partial charge on any atom is -0.494 e. The quantitative estimate of drug-likeness (QED) is 0.834. The lowest BCUT2D eigenvalue weighted by molar-refractivity contribution is 0.266. The highest BCUT2D eigenvalue weighted by molar-refractivity contribution is 7.89. The molecule has 1 aliphatic carbocycles. The van der Waals surface area contributed by atoms with E-state index < -0.39 is 10.0 Å². The standard InChI is InChI=1S/C15H23NO4S/c1-4-20-15-6-5-14(8-13(15)10-17)21(18,19)16(3)9-12-7-11(12)2/h5-6,8,11-12,17H,4,7,9-10H2,1-3H3. The second-order valence-electron chi connectivity index (χ2n) is 5.62. The molecule has 0 radical (unpaired) electrons. The van der Waals surface area contributed by atoms with Crippen molar-refractivity contribution in [2.24, 2.45) is 11.8 Å². The normalized spacial score (nSPS) is 21.6. The van der Waals surface area contributed by atoms with Crippen molar-refractivity contribution >= 4 is 10.0 Å². The molecule has 2 rings (SSSR count). The van der Waals surface area contributed by atoms with Gasteiger partial charge in [-0.3, -0.25) is 0 Å². The largest absolute Gasteiger partial charge is 0.494 e. The van der Waals surface area contributed by atoms with Gasteiger partial charge in [0.25, 0.3) is 0 Å². The van der Waals surface area contributed by atoms with Gasteiger partial charge in [0.15, 0.2) is 0 Å². The van der Waals surface area contributed by atoms with Crippen molar-refractivity contribution in [3.05, 3.63) is 23.8 Å². The average molecular weight is 313 g/mol. The molecule has 21 heavy (non-hydrogen) atoms. The highest BCUT2D eigenvalue weighted by atomic mass is 32.2. The third-order valence-corrected chi connectivity index (χ3v) is 5.80. The minimum atomic E-state index is -3.52. The van der Waals surface area contributed by atoms with E-state index in [1.807, 2.05) is 6.92 Å². The Balaban J connectivity index is 2.22. The number of ether oxygens (including phenoxy) is 1. The molecule has 0 saturated heterocycles. The fourth-order valence-corrected chi connectivity index (χ4v) is 3.68. The zero-order chi connectivity index (χ0) is 15.6. The second-order valence-corrected chi connectivity index (χ2v) is 7.66. The number of nitrogens with zero attached hydrogens (tertiary/aromatic N) is 1. The fraction of sp³-hybridized carbons (Fsp3) is 0.600. The van der Waals surface area contributed by atoms with E-state index in [1.54, 1.807) is 13.1 Å². The van der Waals surface area contributed by atoms with Crippen molar-refractivity contribution in [1.82, 2.24) is 4.31 Å². The summed E-state index contributed by atoms with van der Waals surface area (Å²) < 4.78 is 31.9. The van der Waals surface area contributed by atoms with E-state index in [9.17, 15) is 13.5 Å². The van der Waals surface area contributed by atoms with E-state index in [1.165, 1.54) is 16.4 Å². The van der Waals surface area contributed by atoms with Crippen LogP contribution in [0.3, 0.4) is 0 Å². The third kappa shape index (κ3) is 3.56. The number of rotatable bonds is 7. The van der Waals surface area contributed by atoms with E-state index >= 15 is 0 Å². The summed E-state index contributed by atoms with van der Waals surface area (Å²) in [6.45, 7) is 4.74. The Morgan fingerprint density at radius 2 is 2.10 bits per heavy atom. The Morgan fingerprint density at radius 3 is 2.62 bits per heavy atom. The van der Waals surface area contributed by atoms with E-state index in [0.717, 1.165) is 6.42 Å². The number of benzene rings is 1. The molecule has 2 atom stereocenters. The Hall–Kier alpha value is -1.11. The zero-order valence-electron chi connectivity index (χ0n) is 12.7. The van der Waals surface area contributed by atoms with Crippen LogP contribution in [-0.2, 0) is 16.6 Å². The van der Waals surface area contributed by atoms with E-state index in [2.05, 4.69) is 6.92 Å².